The van der Waals surface area contributed by atoms with E-state index in [-0.39, 0.29) is 17.9 Å². The Labute approximate surface area is 100.0 Å². The number of piperidine rings is 1. The van der Waals surface area contributed by atoms with E-state index in [0.717, 1.165) is 25.3 Å². The molecular formula is C11H17N5O. The third-order valence-corrected chi connectivity index (χ3v) is 3.10. The number of aliphatic hydroxyl groups is 1. The summed E-state index contributed by atoms with van der Waals surface area (Å²) in [6.45, 7) is 3.57. The van der Waals surface area contributed by atoms with E-state index >= 15 is 0 Å². The molecule has 2 atom stereocenters. The monoisotopic (exact) mass is 235 g/mol. The fraction of sp³-hybridized carbons (Fsp3) is 0.545. The van der Waals surface area contributed by atoms with Gasteiger partial charge in [-0.05, 0) is 12.3 Å². The Kier molecular flexibility index (Phi) is 3.23. The number of aromatic nitrogens is 2. The highest BCUT2D eigenvalue weighted by atomic mass is 16.3. The molecule has 0 bridgehead atoms. The van der Waals surface area contributed by atoms with Crippen LogP contribution in [-0.4, -0.2) is 40.1 Å². The second-order valence-electron chi connectivity index (χ2n) is 4.45. The highest BCUT2D eigenvalue weighted by Gasteiger charge is 2.24. The highest BCUT2D eigenvalue weighted by Crippen LogP contribution is 2.20. The largest absolute Gasteiger partial charge is 0.393 e. The first-order chi connectivity index (χ1) is 8.08. The van der Waals surface area contributed by atoms with Crippen molar-refractivity contribution in [3.05, 3.63) is 18.1 Å². The smallest absolute Gasteiger partial charge is 0.147 e. The van der Waals surface area contributed by atoms with Crippen LogP contribution in [0.25, 0.3) is 0 Å². The Hall–Kier alpha value is -1.69. The summed E-state index contributed by atoms with van der Waals surface area (Å²) in [7, 11) is 0. The number of anilines is 1. The van der Waals surface area contributed by atoms with Crippen molar-refractivity contribution >= 4 is 11.7 Å². The molecule has 0 spiro atoms. The molecule has 0 radical (unpaired) electrons. The Morgan fingerprint density at radius 2 is 2.29 bits per heavy atom. The molecule has 1 aliphatic heterocycles. The van der Waals surface area contributed by atoms with E-state index in [1.54, 1.807) is 6.20 Å². The van der Waals surface area contributed by atoms with Gasteiger partial charge in [0.25, 0.3) is 0 Å². The van der Waals surface area contributed by atoms with Gasteiger partial charge in [-0.3, -0.25) is 5.41 Å². The second kappa shape index (κ2) is 4.67. The van der Waals surface area contributed by atoms with Gasteiger partial charge in [0.05, 0.1) is 18.5 Å². The second-order valence-corrected chi connectivity index (χ2v) is 4.45. The third kappa shape index (κ3) is 2.52. The van der Waals surface area contributed by atoms with Crippen molar-refractivity contribution in [1.82, 2.24) is 9.97 Å². The van der Waals surface area contributed by atoms with Gasteiger partial charge >= 0.3 is 0 Å². The predicted octanol–water partition coefficient (Wildman–Crippen LogP) is -0.0322. The summed E-state index contributed by atoms with van der Waals surface area (Å²) in [6, 6.07) is 0. The van der Waals surface area contributed by atoms with Gasteiger partial charge in [-0.1, -0.05) is 6.92 Å². The number of hydrogen-bond acceptors (Lipinski definition) is 5. The Balaban J connectivity index is 2.10. The third-order valence-electron chi connectivity index (χ3n) is 3.10. The van der Waals surface area contributed by atoms with Crippen LogP contribution in [0.3, 0.4) is 0 Å². The average molecular weight is 235 g/mol. The van der Waals surface area contributed by atoms with E-state index in [0.29, 0.717) is 5.69 Å². The summed E-state index contributed by atoms with van der Waals surface area (Å²) in [5.74, 6) is 0.929. The standard InChI is InChI=1S/C11H17N5O/c1-7-6-16(3-2-9(7)17)10-5-14-8(4-15-10)11(12)13/h4-5,7,9,17H,2-3,6H2,1H3,(H3,12,13). The number of nitrogens with one attached hydrogen (secondary N) is 1. The van der Waals surface area contributed by atoms with E-state index in [1.165, 1.54) is 6.20 Å². The number of hydrogen-bond donors (Lipinski definition) is 3. The van der Waals surface area contributed by atoms with Gasteiger partial charge in [0.2, 0.25) is 0 Å². The van der Waals surface area contributed by atoms with Crippen molar-refractivity contribution in [2.75, 3.05) is 18.0 Å². The summed E-state index contributed by atoms with van der Waals surface area (Å²) in [5, 5.41) is 16.9. The Morgan fingerprint density at radius 3 is 2.82 bits per heavy atom. The molecule has 2 unspecified atom stereocenters. The van der Waals surface area contributed by atoms with Crippen LogP contribution in [0.4, 0.5) is 5.82 Å². The van der Waals surface area contributed by atoms with Crippen LogP contribution in [0.1, 0.15) is 19.0 Å². The lowest BCUT2D eigenvalue weighted by Crippen LogP contribution is -2.42. The van der Waals surface area contributed by atoms with E-state index < -0.39 is 0 Å². The molecule has 1 fully saturated rings. The van der Waals surface area contributed by atoms with E-state index in [4.69, 9.17) is 11.1 Å². The van der Waals surface area contributed by atoms with Crippen molar-refractivity contribution in [2.45, 2.75) is 19.4 Å². The minimum Gasteiger partial charge on any atom is -0.393 e. The highest BCUT2D eigenvalue weighted by molar-refractivity contribution is 5.92. The lowest BCUT2D eigenvalue weighted by Gasteiger charge is -2.34. The molecular weight excluding hydrogens is 218 g/mol. The number of nitrogens with two attached hydrogens (primary N) is 1. The number of nitrogens with zero attached hydrogens (tertiary/aromatic N) is 3. The van der Waals surface area contributed by atoms with Crippen LogP contribution in [0.15, 0.2) is 12.4 Å². The minimum atomic E-state index is -0.226. The molecule has 1 saturated heterocycles. The maximum atomic E-state index is 9.65. The van der Waals surface area contributed by atoms with Crippen molar-refractivity contribution in [1.29, 1.82) is 5.41 Å². The van der Waals surface area contributed by atoms with Gasteiger partial charge in [-0.2, -0.15) is 0 Å². The molecule has 1 aromatic rings. The van der Waals surface area contributed by atoms with Crippen LogP contribution in [0.2, 0.25) is 0 Å². The maximum absolute atomic E-state index is 9.65. The van der Waals surface area contributed by atoms with Crippen molar-refractivity contribution in [3.8, 4) is 0 Å². The molecule has 1 aliphatic rings. The Morgan fingerprint density at radius 1 is 1.53 bits per heavy atom. The number of rotatable bonds is 2. The van der Waals surface area contributed by atoms with Crippen LogP contribution in [-0.2, 0) is 0 Å². The fourth-order valence-corrected chi connectivity index (χ4v) is 1.96. The first kappa shape index (κ1) is 11.8. The quantitative estimate of drug-likeness (QED) is 0.494. The summed E-state index contributed by atoms with van der Waals surface area (Å²) in [5.41, 5.74) is 5.70. The average Bonchev–Trinajstić information content (AvgIpc) is 2.33. The molecule has 0 aromatic carbocycles. The number of aliphatic hydroxyl groups excluding tert-OH is 1. The molecule has 2 rings (SSSR count). The fourth-order valence-electron chi connectivity index (χ4n) is 1.96. The lowest BCUT2D eigenvalue weighted by atomic mass is 9.97. The number of nitrogen functional groups attached to an aromatic ring is 1. The molecule has 0 saturated carbocycles. The predicted molar refractivity (Wildman–Crippen MR) is 65.0 cm³/mol. The first-order valence-corrected chi connectivity index (χ1v) is 5.67. The molecule has 92 valence electrons. The zero-order valence-electron chi connectivity index (χ0n) is 9.80. The van der Waals surface area contributed by atoms with E-state index in [9.17, 15) is 5.11 Å². The molecule has 1 aromatic heterocycles. The topological polar surface area (TPSA) is 99.1 Å². The minimum absolute atomic E-state index is 0.0773. The normalized spacial score (nSPS) is 24.7. The molecule has 0 amide bonds. The number of amidine groups is 1. The van der Waals surface area contributed by atoms with Gasteiger partial charge in [-0.25, -0.2) is 9.97 Å². The molecule has 0 aliphatic carbocycles. The summed E-state index contributed by atoms with van der Waals surface area (Å²) in [4.78, 5) is 10.4. The molecule has 2 heterocycles. The van der Waals surface area contributed by atoms with Gasteiger partial charge < -0.3 is 15.7 Å². The van der Waals surface area contributed by atoms with Crippen molar-refractivity contribution in [3.63, 3.8) is 0 Å². The maximum Gasteiger partial charge on any atom is 0.147 e. The van der Waals surface area contributed by atoms with Crippen LogP contribution >= 0.6 is 0 Å². The van der Waals surface area contributed by atoms with Crippen molar-refractivity contribution in [2.24, 2.45) is 11.7 Å². The zero-order valence-corrected chi connectivity index (χ0v) is 9.80. The van der Waals surface area contributed by atoms with Crippen LogP contribution in [0, 0.1) is 11.3 Å². The molecule has 6 nitrogen and oxygen atoms in total. The van der Waals surface area contributed by atoms with Gasteiger partial charge in [0, 0.05) is 13.1 Å². The summed E-state index contributed by atoms with van der Waals surface area (Å²) < 4.78 is 0. The van der Waals surface area contributed by atoms with Crippen molar-refractivity contribution < 1.29 is 5.11 Å². The van der Waals surface area contributed by atoms with Gasteiger partial charge in [-0.15, -0.1) is 0 Å². The summed E-state index contributed by atoms with van der Waals surface area (Å²) in [6.07, 6.45) is 3.65. The van der Waals surface area contributed by atoms with E-state index in [1.807, 2.05) is 6.92 Å². The zero-order chi connectivity index (χ0) is 12.4. The van der Waals surface area contributed by atoms with Crippen LogP contribution < -0.4 is 10.6 Å². The molecule has 6 heteroatoms. The molecule has 4 N–H and O–H groups in total. The van der Waals surface area contributed by atoms with Crippen LogP contribution in [0.5, 0.6) is 0 Å². The van der Waals surface area contributed by atoms with Gasteiger partial charge in [0.1, 0.15) is 17.3 Å². The molecule has 17 heavy (non-hydrogen) atoms. The lowest BCUT2D eigenvalue weighted by molar-refractivity contribution is 0.0968. The Bertz CT molecular complexity index is 405. The SMILES string of the molecule is CC1CN(c2cnc(C(=N)N)cn2)CCC1O. The summed E-state index contributed by atoms with van der Waals surface area (Å²) >= 11 is 0. The van der Waals surface area contributed by atoms with Gasteiger partial charge in [0.15, 0.2) is 0 Å². The van der Waals surface area contributed by atoms with E-state index in [2.05, 4.69) is 14.9 Å². The first-order valence-electron chi connectivity index (χ1n) is 5.67.